The van der Waals surface area contributed by atoms with Gasteiger partial charge >= 0.3 is 11.9 Å². The van der Waals surface area contributed by atoms with Crippen molar-refractivity contribution < 1.29 is 27.8 Å². The van der Waals surface area contributed by atoms with Crippen molar-refractivity contribution in [1.82, 2.24) is 10.2 Å². The van der Waals surface area contributed by atoms with E-state index >= 15 is 0 Å². The molecule has 0 saturated carbocycles. The molecular formula is C29H34F2N2O4. The van der Waals surface area contributed by atoms with Crippen LogP contribution in [0.1, 0.15) is 44.7 Å². The van der Waals surface area contributed by atoms with Crippen molar-refractivity contribution in [3.05, 3.63) is 93.8 Å². The SMILES string of the molecule is COC(=O)C1=C(C)NC(C)=C(C(=O)OCC(C)(C)CN(C)Cc2ccccc2)C1c1cc(F)ccc1F. The maximum atomic E-state index is 14.9. The van der Waals surface area contributed by atoms with Crippen molar-refractivity contribution in [3.63, 3.8) is 0 Å². The third kappa shape index (κ3) is 6.83. The highest BCUT2D eigenvalue weighted by molar-refractivity contribution is 5.99. The zero-order valence-corrected chi connectivity index (χ0v) is 22.2. The van der Waals surface area contributed by atoms with Gasteiger partial charge < -0.3 is 19.7 Å². The summed E-state index contributed by atoms with van der Waals surface area (Å²) in [5, 5.41) is 3.00. The number of ether oxygens (including phenoxy) is 2. The number of allylic oxidation sites excluding steroid dienone is 2. The van der Waals surface area contributed by atoms with E-state index in [1.165, 1.54) is 12.7 Å². The fraction of sp³-hybridized carbons (Fsp3) is 0.379. The summed E-state index contributed by atoms with van der Waals surface area (Å²) >= 11 is 0. The summed E-state index contributed by atoms with van der Waals surface area (Å²) in [6, 6.07) is 13.0. The number of esters is 2. The number of methoxy groups -OCH3 is 1. The molecule has 0 aliphatic carbocycles. The van der Waals surface area contributed by atoms with E-state index < -0.39 is 34.9 Å². The summed E-state index contributed by atoms with van der Waals surface area (Å²) in [4.78, 5) is 28.3. The lowest BCUT2D eigenvalue weighted by Gasteiger charge is -2.32. The Morgan fingerprint density at radius 1 is 1.00 bits per heavy atom. The Hall–Kier alpha value is -3.52. The van der Waals surface area contributed by atoms with Crippen LogP contribution in [0.4, 0.5) is 8.78 Å². The normalized spacial score (nSPS) is 16.1. The van der Waals surface area contributed by atoms with Crippen LogP contribution in [-0.4, -0.2) is 44.1 Å². The fourth-order valence-corrected chi connectivity index (χ4v) is 4.76. The van der Waals surface area contributed by atoms with E-state index in [-0.39, 0.29) is 23.3 Å². The molecule has 0 spiro atoms. The topological polar surface area (TPSA) is 67.9 Å². The van der Waals surface area contributed by atoms with Crippen molar-refractivity contribution in [1.29, 1.82) is 0 Å². The molecule has 1 aliphatic heterocycles. The van der Waals surface area contributed by atoms with Crippen LogP contribution in [0.15, 0.2) is 71.1 Å². The second-order valence-electron chi connectivity index (χ2n) is 10.2. The van der Waals surface area contributed by atoms with Crippen LogP contribution in [0.25, 0.3) is 0 Å². The number of nitrogens with one attached hydrogen (secondary N) is 1. The minimum atomic E-state index is -1.19. The Kier molecular flexibility index (Phi) is 8.86. The molecule has 3 rings (SSSR count). The summed E-state index contributed by atoms with van der Waals surface area (Å²) in [5.41, 5.74) is 1.45. The lowest BCUT2D eigenvalue weighted by atomic mass is 9.80. The van der Waals surface area contributed by atoms with Crippen molar-refractivity contribution in [2.75, 3.05) is 27.3 Å². The van der Waals surface area contributed by atoms with Gasteiger partial charge in [-0.15, -0.1) is 0 Å². The Bertz CT molecular complexity index is 1220. The number of hydrogen-bond donors (Lipinski definition) is 1. The summed E-state index contributed by atoms with van der Waals surface area (Å²) in [6.07, 6.45) is 0. The maximum Gasteiger partial charge on any atom is 0.336 e. The third-order valence-corrected chi connectivity index (χ3v) is 6.24. The van der Waals surface area contributed by atoms with Gasteiger partial charge in [0.25, 0.3) is 0 Å². The highest BCUT2D eigenvalue weighted by atomic mass is 19.1. The fourth-order valence-electron chi connectivity index (χ4n) is 4.76. The standard InChI is InChI=1S/C29H34F2N2O4/c1-18-24(27(34)36-6)26(22-14-21(30)12-13-23(22)31)25(19(2)32-18)28(35)37-17-29(3,4)16-33(5)15-20-10-8-7-9-11-20/h7-14,26,32H,15-17H2,1-6H3. The predicted octanol–water partition coefficient (Wildman–Crippen LogP) is 5.07. The molecule has 37 heavy (non-hydrogen) atoms. The monoisotopic (exact) mass is 512 g/mol. The predicted molar refractivity (Wildman–Crippen MR) is 137 cm³/mol. The molecule has 0 bridgehead atoms. The molecule has 198 valence electrons. The lowest BCUT2D eigenvalue weighted by molar-refractivity contribution is -0.142. The largest absolute Gasteiger partial charge is 0.466 e. The van der Waals surface area contributed by atoms with E-state index in [2.05, 4.69) is 22.3 Å². The van der Waals surface area contributed by atoms with Crippen LogP contribution in [0.5, 0.6) is 0 Å². The smallest absolute Gasteiger partial charge is 0.336 e. The number of carbonyl (C=O) groups excluding carboxylic acids is 2. The third-order valence-electron chi connectivity index (χ3n) is 6.24. The molecule has 2 aromatic rings. The van der Waals surface area contributed by atoms with Crippen LogP contribution >= 0.6 is 0 Å². The molecule has 1 heterocycles. The van der Waals surface area contributed by atoms with Crippen LogP contribution in [0.2, 0.25) is 0 Å². The van der Waals surface area contributed by atoms with E-state index in [9.17, 15) is 18.4 Å². The van der Waals surface area contributed by atoms with E-state index in [0.717, 1.165) is 24.7 Å². The first-order valence-electron chi connectivity index (χ1n) is 12.0. The second-order valence-corrected chi connectivity index (χ2v) is 10.2. The Morgan fingerprint density at radius 2 is 1.62 bits per heavy atom. The number of hydrogen-bond acceptors (Lipinski definition) is 6. The second kappa shape index (κ2) is 11.7. The number of benzene rings is 2. The summed E-state index contributed by atoms with van der Waals surface area (Å²) < 4.78 is 39.8. The van der Waals surface area contributed by atoms with Gasteiger partial charge in [-0.05, 0) is 44.7 Å². The molecule has 1 aliphatic rings. The quantitative estimate of drug-likeness (QED) is 0.473. The van der Waals surface area contributed by atoms with E-state index in [4.69, 9.17) is 9.47 Å². The van der Waals surface area contributed by atoms with Crippen molar-refractivity contribution in [2.24, 2.45) is 5.41 Å². The molecular weight excluding hydrogens is 478 g/mol. The molecule has 0 radical (unpaired) electrons. The van der Waals surface area contributed by atoms with Gasteiger partial charge in [-0.25, -0.2) is 18.4 Å². The summed E-state index contributed by atoms with van der Waals surface area (Å²) in [5.74, 6) is -4.10. The van der Waals surface area contributed by atoms with Crippen LogP contribution in [0, 0.1) is 17.0 Å². The highest BCUT2D eigenvalue weighted by Crippen LogP contribution is 2.40. The number of rotatable bonds is 9. The van der Waals surface area contributed by atoms with Gasteiger partial charge in [0.2, 0.25) is 0 Å². The molecule has 0 amide bonds. The number of nitrogens with zero attached hydrogens (tertiary/aromatic N) is 1. The molecule has 1 unspecified atom stereocenters. The minimum absolute atomic E-state index is 0.0198. The minimum Gasteiger partial charge on any atom is -0.466 e. The lowest BCUT2D eigenvalue weighted by Crippen LogP contribution is -2.37. The van der Waals surface area contributed by atoms with Gasteiger partial charge in [0.15, 0.2) is 0 Å². The first kappa shape index (κ1) is 28.1. The first-order valence-corrected chi connectivity index (χ1v) is 12.0. The highest BCUT2D eigenvalue weighted by Gasteiger charge is 2.39. The first-order chi connectivity index (χ1) is 17.4. The van der Waals surface area contributed by atoms with Gasteiger partial charge in [-0.3, -0.25) is 0 Å². The molecule has 1 atom stereocenters. The molecule has 0 fully saturated rings. The summed E-state index contributed by atoms with van der Waals surface area (Å²) in [6.45, 7) is 8.67. The van der Waals surface area contributed by atoms with E-state index in [1.807, 2.05) is 39.1 Å². The zero-order chi connectivity index (χ0) is 27.3. The van der Waals surface area contributed by atoms with Crippen molar-refractivity contribution >= 4 is 11.9 Å². The number of dihydropyridines is 1. The van der Waals surface area contributed by atoms with Crippen LogP contribution in [0.3, 0.4) is 0 Å². The summed E-state index contributed by atoms with van der Waals surface area (Å²) in [7, 11) is 3.19. The molecule has 2 aromatic carbocycles. The van der Waals surface area contributed by atoms with Crippen molar-refractivity contribution in [3.8, 4) is 0 Å². The number of carbonyl (C=O) groups is 2. The molecule has 8 heteroatoms. The van der Waals surface area contributed by atoms with Crippen LogP contribution in [-0.2, 0) is 25.6 Å². The maximum absolute atomic E-state index is 14.9. The molecule has 0 saturated heterocycles. The average molecular weight is 513 g/mol. The van der Waals surface area contributed by atoms with E-state index in [1.54, 1.807) is 13.8 Å². The Balaban J connectivity index is 1.84. The van der Waals surface area contributed by atoms with Gasteiger partial charge in [-0.1, -0.05) is 44.2 Å². The zero-order valence-electron chi connectivity index (χ0n) is 22.2. The Labute approximate surface area is 216 Å². The molecule has 1 N–H and O–H groups in total. The van der Waals surface area contributed by atoms with E-state index in [0.29, 0.717) is 17.9 Å². The Morgan fingerprint density at radius 3 is 2.24 bits per heavy atom. The van der Waals surface area contributed by atoms with Crippen LogP contribution < -0.4 is 5.32 Å². The van der Waals surface area contributed by atoms with Crippen molar-refractivity contribution in [2.45, 2.75) is 40.2 Å². The molecule has 6 nitrogen and oxygen atoms in total. The van der Waals surface area contributed by atoms with Gasteiger partial charge in [0, 0.05) is 35.5 Å². The van der Waals surface area contributed by atoms with Gasteiger partial charge in [0.05, 0.1) is 30.8 Å². The average Bonchev–Trinajstić information content (AvgIpc) is 2.83. The van der Waals surface area contributed by atoms with Gasteiger partial charge in [-0.2, -0.15) is 0 Å². The number of halogens is 2. The molecule has 0 aromatic heterocycles. The van der Waals surface area contributed by atoms with Gasteiger partial charge in [0.1, 0.15) is 11.6 Å².